The minimum absolute atomic E-state index is 0.0170. The van der Waals surface area contributed by atoms with Crippen molar-refractivity contribution in [3.8, 4) is 0 Å². The molecule has 0 aliphatic carbocycles. The molecule has 2 aromatic rings. The predicted molar refractivity (Wildman–Crippen MR) is 68.7 cm³/mol. The maximum atomic E-state index is 11.9. The summed E-state index contributed by atoms with van der Waals surface area (Å²) in [5.41, 5.74) is 2.76. The van der Waals surface area contributed by atoms with Gasteiger partial charge in [0.15, 0.2) is 0 Å². The summed E-state index contributed by atoms with van der Waals surface area (Å²) in [6.07, 6.45) is 0.957. The molecule has 3 rings (SSSR count). The van der Waals surface area contributed by atoms with Crippen molar-refractivity contribution >= 4 is 28.4 Å². The molecule has 17 heavy (non-hydrogen) atoms. The summed E-state index contributed by atoms with van der Waals surface area (Å²) in [7, 11) is 0. The Kier molecular flexibility index (Phi) is 2.37. The lowest BCUT2D eigenvalue weighted by Crippen LogP contribution is -2.22. The number of H-pyrrole nitrogens is 1. The summed E-state index contributed by atoms with van der Waals surface area (Å²) in [6.45, 7) is 2.87. The first-order valence-electron chi connectivity index (χ1n) is 5.76. The molecule has 0 bridgehead atoms. The molecule has 1 amide bonds. The molecule has 2 N–H and O–H groups in total. The molecule has 1 aliphatic rings. The fraction of sp³-hybridized carbons (Fsp3) is 0.308. The number of carbonyl (C=O) groups excluding carboxylic acids is 1. The molecule has 0 saturated heterocycles. The third kappa shape index (κ3) is 1.62. The zero-order valence-corrected chi connectivity index (χ0v) is 10.3. The minimum Gasteiger partial charge on any atom is -0.351 e. The topological polar surface area (TPSA) is 44.9 Å². The quantitative estimate of drug-likeness (QED) is 0.740. The Bertz CT molecular complexity index is 603. The lowest BCUT2D eigenvalue weighted by molar-refractivity contribution is 0.0952. The first-order valence-corrected chi connectivity index (χ1v) is 6.14. The van der Waals surface area contributed by atoms with Gasteiger partial charge in [0.25, 0.3) is 5.91 Å². The standard InChI is InChI=1S/C13H13ClN2O/c1-7-4-5-15-13(17)12-11(7)9-6-8(14)2-3-10(9)16-12/h2-3,6-7,16H,4-5H2,1H3,(H,15,17). The van der Waals surface area contributed by atoms with Crippen molar-refractivity contribution in [1.82, 2.24) is 10.3 Å². The van der Waals surface area contributed by atoms with Crippen molar-refractivity contribution in [3.63, 3.8) is 0 Å². The van der Waals surface area contributed by atoms with Crippen LogP contribution in [-0.4, -0.2) is 17.4 Å². The highest BCUT2D eigenvalue weighted by Crippen LogP contribution is 2.33. The first-order chi connectivity index (χ1) is 8.16. The Morgan fingerprint density at radius 3 is 3.06 bits per heavy atom. The van der Waals surface area contributed by atoms with Gasteiger partial charge in [-0.15, -0.1) is 0 Å². The number of carbonyl (C=O) groups is 1. The summed E-state index contributed by atoms with van der Waals surface area (Å²) in [5, 5.41) is 4.68. The van der Waals surface area contributed by atoms with Gasteiger partial charge in [0, 0.05) is 22.5 Å². The van der Waals surface area contributed by atoms with Gasteiger partial charge in [0.1, 0.15) is 5.69 Å². The highest BCUT2D eigenvalue weighted by atomic mass is 35.5. The van der Waals surface area contributed by atoms with Crippen LogP contribution in [0, 0.1) is 0 Å². The van der Waals surface area contributed by atoms with Crippen LogP contribution in [0.25, 0.3) is 10.9 Å². The van der Waals surface area contributed by atoms with Crippen LogP contribution in [0.4, 0.5) is 0 Å². The average Bonchev–Trinajstić information content (AvgIpc) is 2.60. The van der Waals surface area contributed by atoms with Crippen molar-refractivity contribution < 1.29 is 4.79 Å². The van der Waals surface area contributed by atoms with E-state index in [4.69, 9.17) is 11.6 Å². The molecule has 0 spiro atoms. The number of halogens is 1. The molecule has 1 unspecified atom stereocenters. The normalized spacial score (nSPS) is 19.9. The van der Waals surface area contributed by atoms with E-state index in [9.17, 15) is 4.79 Å². The second-order valence-electron chi connectivity index (χ2n) is 4.55. The molecule has 1 aliphatic heterocycles. The van der Waals surface area contributed by atoms with Crippen LogP contribution in [0.3, 0.4) is 0 Å². The molecule has 0 fully saturated rings. The van der Waals surface area contributed by atoms with Crippen LogP contribution in [0.15, 0.2) is 18.2 Å². The summed E-state index contributed by atoms with van der Waals surface area (Å²) in [6, 6.07) is 5.69. The summed E-state index contributed by atoms with van der Waals surface area (Å²) >= 11 is 6.03. The Morgan fingerprint density at radius 2 is 2.24 bits per heavy atom. The molecule has 4 heteroatoms. The number of nitrogens with one attached hydrogen (secondary N) is 2. The van der Waals surface area contributed by atoms with E-state index in [0.717, 1.165) is 29.4 Å². The lowest BCUT2D eigenvalue weighted by Gasteiger charge is -2.07. The minimum atomic E-state index is -0.0170. The van der Waals surface area contributed by atoms with Gasteiger partial charge < -0.3 is 10.3 Å². The fourth-order valence-electron chi connectivity index (χ4n) is 2.51. The molecule has 0 radical (unpaired) electrons. The molecule has 1 aromatic heterocycles. The number of hydrogen-bond donors (Lipinski definition) is 2. The van der Waals surface area contributed by atoms with E-state index in [1.165, 1.54) is 0 Å². The number of fused-ring (bicyclic) bond motifs is 3. The van der Waals surface area contributed by atoms with E-state index in [2.05, 4.69) is 17.2 Å². The summed E-state index contributed by atoms with van der Waals surface area (Å²) < 4.78 is 0. The number of aromatic amines is 1. The number of rotatable bonds is 0. The molecule has 3 nitrogen and oxygen atoms in total. The van der Waals surface area contributed by atoms with E-state index >= 15 is 0 Å². The van der Waals surface area contributed by atoms with E-state index in [1.807, 2.05) is 18.2 Å². The highest BCUT2D eigenvalue weighted by molar-refractivity contribution is 6.31. The maximum Gasteiger partial charge on any atom is 0.268 e. The monoisotopic (exact) mass is 248 g/mol. The number of aromatic nitrogens is 1. The largest absolute Gasteiger partial charge is 0.351 e. The van der Waals surface area contributed by atoms with Crippen LogP contribution in [0.5, 0.6) is 0 Å². The van der Waals surface area contributed by atoms with E-state index in [0.29, 0.717) is 16.6 Å². The van der Waals surface area contributed by atoms with Gasteiger partial charge in [-0.05, 0) is 36.1 Å². The Morgan fingerprint density at radius 1 is 1.41 bits per heavy atom. The second kappa shape index (κ2) is 3.77. The Balaban J connectivity index is 2.34. The van der Waals surface area contributed by atoms with Crippen molar-refractivity contribution in [2.45, 2.75) is 19.3 Å². The van der Waals surface area contributed by atoms with E-state index in [-0.39, 0.29) is 5.91 Å². The number of hydrogen-bond acceptors (Lipinski definition) is 1. The Labute approximate surface area is 104 Å². The molecule has 88 valence electrons. The Hall–Kier alpha value is -1.48. The molecule has 2 heterocycles. The van der Waals surface area contributed by atoms with Gasteiger partial charge in [-0.2, -0.15) is 0 Å². The zero-order valence-electron chi connectivity index (χ0n) is 9.51. The van der Waals surface area contributed by atoms with Crippen molar-refractivity contribution in [3.05, 3.63) is 34.5 Å². The molecule has 1 atom stereocenters. The van der Waals surface area contributed by atoms with Gasteiger partial charge in [-0.25, -0.2) is 0 Å². The molecule has 1 aromatic carbocycles. The number of amides is 1. The summed E-state index contributed by atoms with van der Waals surface area (Å²) in [4.78, 5) is 15.1. The lowest BCUT2D eigenvalue weighted by atomic mass is 9.95. The molecular formula is C13H13ClN2O. The molecule has 0 saturated carbocycles. The second-order valence-corrected chi connectivity index (χ2v) is 4.99. The maximum absolute atomic E-state index is 11.9. The molecular weight excluding hydrogens is 236 g/mol. The van der Waals surface area contributed by atoms with Gasteiger partial charge >= 0.3 is 0 Å². The third-order valence-electron chi connectivity index (χ3n) is 3.38. The SMILES string of the molecule is CC1CCNC(=O)c2[nH]c3ccc(Cl)cc3c21. The van der Waals surface area contributed by atoms with Crippen molar-refractivity contribution in [2.24, 2.45) is 0 Å². The van der Waals surface area contributed by atoms with Gasteiger partial charge in [-0.3, -0.25) is 4.79 Å². The smallest absolute Gasteiger partial charge is 0.268 e. The van der Waals surface area contributed by atoms with E-state index < -0.39 is 0 Å². The van der Waals surface area contributed by atoms with Crippen molar-refractivity contribution in [1.29, 1.82) is 0 Å². The fourth-order valence-corrected chi connectivity index (χ4v) is 2.68. The van der Waals surface area contributed by atoms with E-state index in [1.54, 1.807) is 0 Å². The number of benzene rings is 1. The average molecular weight is 249 g/mol. The first kappa shape index (κ1) is 10.7. The van der Waals surface area contributed by atoms with Crippen LogP contribution in [0.1, 0.15) is 35.3 Å². The van der Waals surface area contributed by atoms with Gasteiger partial charge in [0.2, 0.25) is 0 Å². The summed E-state index contributed by atoms with van der Waals surface area (Å²) in [5.74, 6) is 0.341. The van der Waals surface area contributed by atoms with Crippen molar-refractivity contribution in [2.75, 3.05) is 6.54 Å². The predicted octanol–water partition coefficient (Wildman–Crippen LogP) is 3.06. The van der Waals surface area contributed by atoms with Crippen LogP contribution >= 0.6 is 11.6 Å². The zero-order chi connectivity index (χ0) is 12.0. The highest BCUT2D eigenvalue weighted by Gasteiger charge is 2.24. The van der Waals surface area contributed by atoms with Gasteiger partial charge in [-0.1, -0.05) is 18.5 Å². The van der Waals surface area contributed by atoms with Gasteiger partial charge in [0.05, 0.1) is 0 Å². The van der Waals surface area contributed by atoms with Crippen LogP contribution in [-0.2, 0) is 0 Å². The van der Waals surface area contributed by atoms with Crippen LogP contribution in [0.2, 0.25) is 5.02 Å². The third-order valence-corrected chi connectivity index (χ3v) is 3.62. The van der Waals surface area contributed by atoms with Crippen LogP contribution < -0.4 is 5.32 Å².